The summed E-state index contributed by atoms with van der Waals surface area (Å²) in [6.45, 7) is 1.74. The molecule has 1 rings (SSSR count). The monoisotopic (exact) mass is 197 g/mol. The Kier molecular flexibility index (Phi) is 3.16. The summed E-state index contributed by atoms with van der Waals surface area (Å²) in [5, 5.41) is 0. The predicted octanol–water partition coefficient (Wildman–Crippen LogP) is 2.31. The molecule has 0 saturated carbocycles. The van der Waals surface area contributed by atoms with Gasteiger partial charge in [-0.05, 0) is 24.6 Å². The maximum atomic E-state index is 12.9. The van der Waals surface area contributed by atoms with Gasteiger partial charge in [-0.3, -0.25) is 0 Å². The molecule has 2 N–H and O–H groups in total. The second-order valence-electron chi connectivity index (χ2n) is 2.62. The fourth-order valence-electron chi connectivity index (χ4n) is 0.986. The highest BCUT2D eigenvalue weighted by Crippen LogP contribution is 2.17. The standard InChI is InChI=1S/C10H9ClFN/c1-7-5-9(12)6-8(10(7)13)3-2-4-11/h5-6H,4,13H2,1H3. The molecule has 0 aliphatic carbocycles. The second kappa shape index (κ2) is 4.15. The highest BCUT2D eigenvalue weighted by Gasteiger charge is 2.02. The van der Waals surface area contributed by atoms with Gasteiger partial charge < -0.3 is 5.73 Å². The van der Waals surface area contributed by atoms with Gasteiger partial charge in [-0.1, -0.05) is 11.8 Å². The molecule has 0 unspecified atom stereocenters. The fraction of sp³-hybridized carbons (Fsp3) is 0.200. The molecule has 0 aliphatic rings. The molecular weight excluding hydrogens is 189 g/mol. The topological polar surface area (TPSA) is 26.0 Å². The van der Waals surface area contributed by atoms with Crippen LogP contribution >= 0.6 is 11.6 Å². The Morgan fingerprint density at radius 2 is 2.23 bits per heavy atom. The smallest absolute Gasteiger partial charge is 0.124 e. The van der Waals surface area contributed by atoms with Gasteiger partial charge in [-0.15, -0.1) is 11.6 Å². The van der Waals surface area contributed by atoms with E-state index in [1.807, 2.05) is 0 Å². The van der Waals surface area contributed by atoms with Crippen LogP contribution in [0, 0.1) is 24.6 Å². The third-order valence-electron chi connectivity index (χ3n) is 1.64. The summed E-state index contributed by atoms with van der Waals surface area (Å²) in [6.07, 6.45) is 0. The summed E-state index contributed by atoms with van der Waals surface area (Å²) < 4.78 is 12.9. The predicted molar refractivity (Wildman–Crippen MR) is 53.1 cm³/mol. The Labute approximate surface area is 81.7 Å². The van der Waals surface area contributed by atoms with Crippen molar-refractivity contribution in [1.82, 2.24) is 0 Å². The molecular formula is C10H9ClFN. The molecule has 0 heterocycles. The molecule has 1 aromatic rings. The molecule has 0 aliphatic heterocycles. The van der Waals surface area contributed by atoms with Crippen molar-refractivity contribution < 1.29 is 4.39 Å². The summed E-state index contributed by atoms with van der Waals surface area (Å²) in [6, 6.07) is 2.68. The van der Waals surface area contributed by atoms with Gasteiger partial charge in [-0.2, -0.15) is 0 Å². The Morgan fingerprint density at radius 3 is 2.85 bits per heavy atom. The molecule has 0 aromatic heterocycles. The van der Waals surface area contributed by atoms with Crippen LogP contribution in [-0.2, 0) is 0 Å². The molecule has 1 aromatic carbocycles. The number of hydrogen-bond donors (Lipinski definition) is 1. The van der Waals surface area contributed by atoms with Gasteiger partial charge in [0.1, 0.15) is 5.82 Å². The number of benzene rings is 1. The lowest BCUT2D eigenvalue weighted by Gasteiger charge is -2.02. The molecule has 0 radical (unpaired) electrons. The minimum atomic E-state index is -0.328. The van der Waals surface area contributed by atoms with E-state index in [2.05, 4.69) is 11.8 Å². The van der Waals surface area contributed by atoms with E-state index in [0.29, 0.717) is 16.8 Å². The lowest BCUT2D eigenvalue weighted by Crippen LogP contribution is -1.95. The van der Waals surface area contributed by atoms with Gasteiger partial charge >= 0.3 is 0 Å². The maximum absolute atomic E-state index is 12.9. The summed E-state index contributed by atoms with van der Waals surface area (Å²) >= 11 is 5.38. The van der Waals surface area contributed by atoms with E-state index in [4.69, 9.17) is 17.3 Å². The molecule has 1 nitrogen and oxygen atoms in total. The average Bonchev–Trinajstić information content (AvgIpc) is 2.09. The first-order valence-corrected chi connectivity index (χ1v) is 4.29. The number of nitrogen functional groups attached to an aromatic ring is 1. The third-order valence-corrected chi connectivity index (χ3v) is 1.78. The highest BCUT2D eigenvalue weighted by atomic mass is 35.5. The van der Waals surface area contributed by atoms with Gasteiger partial charge in [0.15, 0.2) is 0 Å². The van der Waals surface area contributed by atoms with Crippen LogP contribution in [0.3, 0.4) is 0 Å². The molecule has 0 atom stereocenters. The SMILES string of the molecule is Cc1cc(F)cc(C#CCCl)c1N. The minimum absolute atomic E-state index is 0.217. The van der Waals surface area contributed by atoms with Gasteiger partial charge in [-0.25, -0.2) is 4.39 Å². The molecule has 0 spiro atoms. The normalized spacial score (nSPS) is 9.15. The van der Waals surface area contributed by atoms with Crippen LogP contribution in [0.5, 0.6) is 0 Å². The van der Waals surface area contributed by atoms with Crippen LogP contribution in [0.2, 0.25) is 0 Å². The Balaban J connectivity index is 3.20. The number of anilines is 1. The molecule has 0 amide bonds. The Hall–Kier alpha value is -1.20. The van der Waals surface area contributed by atoms with Crippen molar-refractivity contribution in [2.45, 2.75) is 6.92 Å². The van der Waals surface area contributed by atoms with Crippen LogP contribution in [-0.4, -0.2) is 5.88 Å². The molecule has 0 saturated heterocycles. The van der Waals surface area contributed by atoms with Crippen molar-refractivity contribution in [1.29, 1.82) is 0 Å². The number of nitrogens with two attached hydrogens (primary N) is 1. The van der Waals surface area contributed by atoms with Crippen LogP contribution in [0.15, 0.2) is 12.1 Å². The maximum Gasteiger partial charge on any atom is 0.124 e. The summed E-state index contributed by atoms with van der Waals surface area (Å²) in [5.41, 5.74) is 7.38. The average molecular weight is 198 g/mol. The van der Waals surface area contributed by atoms with Crippen LogP contribution in [0.1, 0.15) is 11.1 Å². The zero-order chi connectivity index (χ0) is 9.84. The van der Waals surface area contributed by atoms with E-state index in [1.165, 1.54) is 12.1 Å². The van der Waals surface area contributed by atoms with E-state index in [-0.39, 0.29) is 11.7 Å². The number of aryl methyl sites for hydroxylation is 1. The fourth-order valence-corrected chi connectivity index (χ4v) is 1.05. The van der Waals surface area contributed by atoms with Crippen molar-refractivity contribution in [2.75, 3.05) is 11.6 Å². The lowest BCUT2D eigenvalue weighted by molar-refractivity contribution is 0.626. The van der Waals surface area contributed by atoms with Crippen LogP contribution < -0.4 is 5.73 Å². The number of rotatable bonds is 0. The first-order chi connectivity index (χ1) is 6.15. The van der Waals surface area contributed by atoms with Crippen molar-refractivity contribution in [3.8, 4) is 11.8 Å². The van der Waals surface area contributed by atoms with Crippen molar-refractivity contribution in [3.63, 3.8) is 0 Å². The molecule has 68 valence electrons. The molecule has 13 heavy (non-hydrogen) atoms. The Bertz CT molecular complexity index is 376. The first-order valence-electron chi connectivity index (χ1n) is 3.75. The quantitative estimate of drug-likeness (QED) is 0.386. The van der Waals surface area contributed by atoms with Crippen molar-refractivity contribution in [3.05, 3.63) is 29.1 Å². The summed E-state index contributed by atoms with van der Waals surface area (Å²) in [5.74, 6) is 5.21. The first kappa shape index (κ1) is 9.88. The number of hydrogen-bond acceptors (Lipinski definition) is 1. The third kappa shape index (κ3) is 2.37. The van der Waals surface area contributed by atoms with Crippen LogP contribution in [0.25, 0.3) is 0 Å². The van der Waals surface area contributed by atoms with Crippen molar-refractivity contribution in [2.24, 2.45) is 0 Å². The van der Waals surface area contributed by atoms with Gasteiger partial charge in [0.2, 0.25) is 0 Å². The lowest BCUT2D eigenvalue weighted by atomic mass is 10.1. The van der Waals surface area contributed by atoms with Crippen LogP contribution in [0.4, 0.5) is 10.1 Å². The summed E-state index contributed by atoms with van der Waals surface area (Å²) in [7, 11) is 0. The number of alkyl halides is 1. The zero-order valence-corrected chi connectivity index (χ0v) is 7.95. The molecule has 0 fully saturated rings. The zero-order valence-electron chi connectivity index (χ0n) is 7.20. The molecule has 0 bridgehead atoms. The Morgan fingerprint density at radius 1 is 1.54 bits per heavy atom. The largest absolute Gasteiger partial charge is 0.397 e. The van der Waals surface area contributed by atoms with E-state index in [0.717, 1.165) is 0 Å². The van der Waals surface area contributed by atoms with Crippen molar-refractivity contribution >= 4 is 17.3 Å². The van der Waals surface area contributed by atoms with E-state index in [9.17, 15) is 4.39 Å². The molecule has 3 heteroatoms. The van der Waals surface area contributed by atoms with Gasteiger partial charge in [0.05, 0.1) is 17.1 Å². The highest BCUT2D eigenvalue weighted by molar-refractivity contribution is 6.19. The second-order valence-corrected chi connectivity index (χ2v) is 2.89. The van der Waals surface area contributed by atoms with E-state index >= 15 is 0 Å². The number of halogens is 2. The van der Waals surface area contributed by atoms with E-state index < -0.39 is 0 Å². The van der Waals surface area contributed by atoms with Gasteiger partial charge in [0, 0.05) is 0 Å². The summed E-state index contributed by atoms with van der Waals surface area (Å²) in [4.78, 5) is 0. The van der Waals surface area contributed by atoms with E-state index in [1.54, 1.807) is 6.92 Å². The minimum Gasteiger partial charge on any atom is -0.397 e. The van der Waals surface area contributed by atoms with Gasteiger partial charge in [0.25, 0.3) is 0 Å².